The molecular formula is C17H18N2O4. The van der Waals surface area contributed by atoms with E-state index in [-0.39, 0.29) is 17.8 Å². The van der Waals surface area contributed by atoms with E-state index in [0.717, 1.165) is 19.5 Å². The van der Waals surface area contributed by atoms with Crippen molar-refractivity contribution in [3.8, 4) is 5.75 Å². The SMILES string of the molecule is NC(=O)COc1coc(CN2CCc3ccccc3C2)cc1=O. The molecule has 0 saturated carbocycles. The quantitative estimate of drug-likeness (QED) is 0.892. The maximum Gasteiger partial charge on any atom is 0.255 e. The second kappa shape index (κ2) is 6.66. The fourth-order valence-corrected chi connectivity index (χ4v) is 2.69. The molecule has 1 aromatic heterocycles. The molecule has 0 bridgehead atoms. The zero-order valence-electron chi connectivity index (χ0n) is 12.7. The molecule has 120 valence electrons. The Labute approximate surface area is 133 Å². The second-order valence-electron chi connectivity index (χ2n) is 5.56. The molecule has 2 N–H and O–H groups in total. The average molecular weight is 314 g/mol. The summed E-state index contributed by atoms with van der Waals surface area (Å²) in [7, 11) is 0. The largest absolute Gasteiger partial charge is 0.477 e. The normalized spacial score (nSPS) is 14.3. The summed E-state index contributed by atoms with van der Waals surface area (Å²) in [5, 5.41) is 0. The van der Waals surface area contributed by atoms with Gasteiger partial charge in [-0.15, -0.1) is 0 Å². The Hall–Kier alpha value is -2.60. The molecule has 1 amide bonds. The number of hydrogen-bond acceptors (Lipinski definition) is 5. The molecule has 0 saturated heterocycles. The van der Waals surface area contributed by atoms with E-state index in [4.69, 9.17) is 14.9 Å². The molecule has 0 unspecified atom stereocenters. The Morgan fingerprint density at radius 3 is 2.83 bits per heavy atom. The number of benzene rings is 1. The van der Waals surface area contributed by atoms with E-state index in [2.05, 4.69) is 23.1 Å². The first-order valence-electron chi connectivity index (χ1n) is 7.44. The van der Waals surface area contributed by atoms with Crippen molar-refractivity contribution >= 4 is 5.91 Å². The highest BCUT2D eigenvalue weighted by atomic mass is 16.5. The van der Waals surface area contributed by atoms with Crippen molar-refractivity contribution in [1.29, 1.82) is 0 Å². The molecule has 2 aromatic rings. The smallest absolute Gasteiger partial charge is 0.255 e. The number of nitrogens with two attached hydrogens (primary N) is 1. The summed E-state index contributed by atoms with van der Waals surface area (Å²) in [5.74, 6) is -0.0715. The second-order valence-corrected chi connectivity index (χ2v) is 5.56. The lowest BCUT2D eigenvalue weighted by Gasteiger charge is -2.28. The summed E-state index contributed by atoms with van der Waals surface area (Å²) in [5.41, 5.74) is 7.35. The van der Waals surface area contributed by atoms with E-state index in [1.807, 2.05) is 6.07 Å². The van der Waals surface area contributed by atoms with E-state index in [0.29, 0.717) is 12.3 Å². The van der Waals surface area contributed by atoms with Gasteiger partial charge in [0.05, 0.1) is 6.54 Å². The van der Waals surface area contributed by atoms with Gasteiger partial charge in [0.15, 0.2) is 6.61 Å². The molecule has 0 spiro atoms. The van der Waals surface area contributed by atoms with Crippen molar-refractivity contribution < 1.29 is 13.9 Å². The molecule has 0 atom stereocenters. The Bertz CT molecular complexity index is 769. The highest BCUT2D eigenvalue weighted by molar-refractivity contribution is 5.75. The Kier molecular flexibility index (Phi) is 4.43. The predicted molar refractivity (Wildman–Crippen MR) is 83.9 cm³/mol. The van der Waals surface area contributed by atoms with Crippen LogP contribution in [0.3, 0.4) is 0 Å². The van der Waals surface area contributed by atoms with Crippen LogP contribution < -0.4 is 15.9 Å². The molecule has 23 heavy (non-hydrogen) atoms. The van der Waals surface area contributed by atoms with Gasteiger partial charge in [-0.25, -0.2) is 0 Å². The molecule has 0 aliphatic carbocycles. The van der Waals surface area contributed by atoms with Crippen molar-refractivity contribution in [2.24, 2.45) is 5.73 Å². The van der Waals surface area contributed by atoms with Crippen LogP contribution >= 0.6 is 0 Å². The molecular weight excluding hydrogens is 296 g/mol. The molecule has 6 heteroatoms. The van der Waals surface area contributed by atoms with Gasteiger partial charge in [0.25, 0.3) is 5.91 Å². The van der Waals surface area contributed by atoms with E-state index >= 15 is 0 Å². The summed E-state index contributed by atoms with van der Waals surface area (Å²) < 4.78 is 10.4. The molecule has 2 heterocycles. The van der Waals surface area contributed by atoms with Crippen molar-refractivity contribution in [2.75, 3.05) is 13.2 Å². The number of nitrogens with zero attached hydrogens (tertiary/aromatic N) is 1. The summed E-state index contributed by atoms with van der Waals surface area (Å²) >= 11 is 0. The van der Waals surface area contributed by atoms with Crippen molar-refractivity contribution in [2.45, 2.75) is 19.5 Å². The standard InChI is InChI=1S/C17H18N2O4/c18-17(21)11-23-16-10-22-14(7-15(16)20)9-19-6-5-12-3-1-2-4-13(12)8-19/h1-4,7,10H,5-6,8-9,11H2,(H2,18,21). The first-order valence-corrected chi connectivity index (χ1v) is 7.44. The van der Waals surface area contributed by atoms with E-state index in [9.17, 15) is 9.59 Å². The highest BCUT2D eigenvalue weighted by Crippen LogP contribution is 2.20. The maximum absolute atomic E-state index is 11.9. The molecule has 1 aromatic carbocycles. The van der Waals surface area contributed by atoms with Gasteiger partial charge in [-0.05, 0) is 17.5 Å². The van der Waals surface area contributed by atoms with Gasteiger partial charge >= 0.3 is 0 Å². The molecule has 1 aliphatic heterocycles. The molecule has 1 aliphatic rings. The number of carbonyl (C=O) groups is 1. The number of ether oxygens (including phenoxy) is 1. The summed E-state index contributed by atoms with van der Waals surface area (Å²) in [4.78, 5) is 24.8. The lowest BCUT2D eigenvalue weighted by atomic mass is 10.00. The number of primary amides is 1. The minimum absolute atomic E-state index is 0.00320. The Morgan fingerprint density at radius 2 is 2.09 bits per heavy atom. The topological polar surface area (TPSA) is 85.8 Å². The maximum atomic E-state index is 11.9. The fourth-order valence-electron chi connectivity index (χ4n) is 2.69. The van der Waals surface area contributed by atoms with E-state index < -0.39 is 5.91 Å². The highest BCUT2D eigenvalue weighted by Gasteiger charge is 2.17. The molecule has 0 radical (unpaired) electrons. The lowest BCUT2D eigenvalue weighted by molar-refractivity contribution is -0.119. The van der Waals surface area contributed by atoms with E-state index in [1.54, 1.807) is 0 Å². The van der Waals surface area contributed by atoms with Crippen molar-refractivity contribution in [1.82, 2.24) is 4.90 Å². The summed E-state index contributed by atoms with van der Waals surface area (Å²) in [6.07, 6.45) is 2.22. The van der Waals surface area contributed by atoms with Gasteiger partial charge in [0, 0.05) is 19.2 Å². The Morgan fingerprint density at radius 1 is 1.30 bits per heavy atom. The third-order valence-electron chi connectivity index (χ3n) is 3.81. The van der Waals surface area contributed by atoms with Crippen LogP contribution in [0, 0.1) is 0 Å². The van der Waals surface area contributed by atoms with Crippen LogP contribution in [0.25, 0.3) is 0 Å². The van der Waals surface area contributed by atoms with Crippen molar-refractivity contribution in [3.63, 3.8) is 0 Å². The third kappa shape index (κ3) is 3.78. The number of fused-ring (bicyclic) bond motifs is 1. The average Bonchev–Trinajstić information content (AvgIpc) is 2.54. The van der Waals surface area contributed by atoms with Gasteiger partial charge < -0.3 is 14.9 Å². The number of rotatable bonds is 5. The van der Waals surface area contributed by atoms with Crippen LogP contribution in [-0.4, -0.2) is 24.0 Å². The monoisotopic (exact) mass is 314 g/mol. The van der Waals surface area contributed by atoms with Crippen LogP contribution in [0.5, 0.6) is 5.75 Å². The fraction of sp³-hybridized carbons (Fsp3) is 0.294. The minimum Gasteiger partial charge on any atom is -0.477 e. The van der Waals surface area contributed by atoms with Gasteiger partial charge in [0.1, 0.15) is 12.0 Å². The van der Waals surface area contributed by atoms with Crippen LogP contribution in [0.1, 0.15) is 16.9 Å². The minimum atomic E-state index is -0.638. The van der Waals surface area contributed by atoms with Crippen LogP contribution in [-0.2, 0) is 24.3 Å². The Balaban J connectivity index is 1.66. The lowest BCUT2D eigenvalue weighted by Crippen LogP contribution is -2.30. The van der Waals surface area contributed by atoms with E-state index in [1.165, 1.54) is 23.5 Å². The summed E-state index contributed by atoms with van der Waals surface area (Å²) in [6, 6.07) is 9.76. The van der Waals surface area contributed by atoms with Crippen LogP contribution in [0.2, 0.25) is 0 Å². The van der Waals surface area contributed by atoms with Crippen molar-refractivity contribution in [3.05, 3.63) is 63.7 Å². The third-order valence-corrected chi connectivity index (χ3v) is 3.81. The number of amides is 1. The zero-order chi connectivity index (χ0) is 16.2. The molecule has 0 fully saturated rings. The predicted octanol–water partition coefficient (Wildman–Crippen LogP) is 1.06. The summed E-state index contributed by atoms with van der Waals surface area (Å²) in [6.45, 7) is 1.97. The van der Waals surface area contributed by atoms with Gasteiger partial charge in [0.2, 0.25) is 11.2 Å². The number of hydrogen-bond donors (Lipinski definition) is 1. The zero-order valence-corrected chi connectivity index (χ0v) is 12.7. The van der Waals surface area contributed by atoms with Gasteiger partial charge in [-0.1, -0.05) is 24.3 Å². The molecule has 3 rings (SSSR count). The van der Waals surface area contributed by atoms with Gasteiger partial charge in [-0.2, -0.15) is 0 Å². The molecule has 6 nitrogen and oxygen atoms in total. The van der Waals surface area contributed by atoms with Gasteiger partial charge in [-0.3, -0.25) is 14.5 Å². The first-order chi connectivity index (χ1) is 11.1. The van der Waals surface area contributed by atoms with Crippen LogP contribution in [0.15, 0.2) is 45.8 Å². The van der Waals surface area contributed by atoms with Crippen LogP contribution in [0.4, 0.5) is 0 Å². The number of carbonyl (C=O) groups excluding carboxylic acids is 1. The first kappa shape index (κ1) is 15.3.